The molecule has 0 radical (unpaired) electrons. The molecular formula is C25H23N3O2S. The molecule has 1 unspecified atom stereocenters. The van der Waals surface area contributed by atoms with Crippen LogP contribution in [0.3, 0.4) is 0 Å². The standard InChI is InChI=1S/C25H23N3O2S/c1-27(21-13-7-11-17-10-5-6-12-19(17)21)22(29)14-28-16-26-24-23(25(28)30)20(15-31-24)18-8-3-2-4-9-18/h2-6,8-10,12,15-16,21H,7,11,13-14H2,1H3. The summed E-state index contributed by atoms with van der Waals surface area (Å²) in [4.78, 5) is 33.4. The minimum Gasteiger partial charge on any atom is -0.337 e. The first-order valence-corrected chi connectivity index (χ1v) is 11.4. The third kappa shape index (κ3) is 3.57. The van der Waals surface area contributed by atoms with Crippen molar-refractivity contribution in [2.45, 2.75) is 31.8 Å². The number of fused-ring (bicyclic) bond motifs is 2. The van der Waals surface area contributed by atoms with E-state index in [-0.39, 0.29) is 24.1 Å². The molecule has 1 amide bonds. The number of thiophene rings is 1. The monoisotopic (exact) mass is 429 g/mol. The first kappa shape index (κ1) is 19.7. The third-order valence-electron chi connectivity index (χ3n) is 6.15. The van der Waals surface area contributed by atoms with Crippen molar-refractivity contribution in [2.75, 3.05) is 7.05 Å². The highest BCUT2D eigenvalue weighted by molar-refractivity contribution is 7.17. The van der Waals surface area contributed by atoms with Crippen LogP contribution in [0, 0.1) is 0 Å². The zero-order valence-electron chi connectivity index (χ0n) is 17.3. The normalized spacial score (nSPS) is 15.6. The second-order valence-corrected chi connectivity index (χ2v) is 8.84. The van der Waals surface area contributed by atoms with Crippen LogP contribution in [0.4, 0.5) is 0 Å². The lowest BCUT2D eigenvalue weighted by Gasteiger charge is -2.33. The lowest BCUT2D eigenvalue weighted by Crippen LogP contribution is -2.37. The summed E-state index contributed by atoms with van der Waals surface area (Å²) in [7, 11) is 1.84. The van der Waals surface area contributed by atoms with Crippen LogP contribution in [0.2, 0.25) is 0 Å². The van der Waals surface area contributed by atoms with E-state index in [0.29, 0.717) is 10.2 Å². The van der Waals surface area contributed by atoms with E-state index < -0.39 is 0 Å². The van der Waals surface area contributed by atoms with Crippen LogP contribution >= 0.6 is 11.3 Å². The molecule has 5 nitrogen and oxygen atoms in total. The summed E-state index contributed by atoms with van der Waals surface area (Å²) in [6, 6.07) is 18.2. The van der Waals surface area contributed by atoms with Gasteiger partial charge >= 0.3 is 0 Å². The van der Waals surface area contributed by atoms with E-state index in [1.807, 2.05) is 48.8 Å². The van der Waals surface area contributed by atoms with Crippen LogP contribution in [0.25, 0.3) is 21.3 Å². The Kier molecular flexibility index (Phi) is 5.16. The Bertz CT molecular complexity index is 1310. The van der Waals surface area contributed by atoms with E-state index in [0.717, 1.165) is 30.4 Å². The summed E-state index contributed by atoms with van der Waals surface area (Å²) in [5.74, 6) is -0.0820. The number of rotatable bonds is 4. The molecule has 1 aliphatic rings. The average Bonchev–Trinajstić information content (AvgIpc) is 3.25. The Morgan fingerprint density at radius 2 is 1.94 bits per heavy atom. The molecule has 0 saturated heterocycles. The second-order valence-electron chi connectivity index (χ2n) is 7.98. The van der Waals surface area contributed by atoms with Gasteiger partial charge in [0, 0.05) is 18.0 Å². The molecule has 6 heteroatoms. The van der Waals surface area contributed by atoms with Crippen molar-refractivity contribution < 1.29 is 4.79 Å². The number of benzene rings is 2. The number of aromatic nitrogens is 2. The molecule has 2 aromatic carbocycles. The lowest BCUT2D eigenvalue weighted by atomic mass is 9.87. The predicted molar refractivity (Wildman–Crippen MR) is 124 cm³/mol. The summed E-state index contributed by atoms with van der Waals surface area (Å²) in [6.07, 6.45) is 4.54. The number of hydrogen-bond acceptors (Lipinski definition) is 4. The maximum Gasteiger partial charge on any atom is 0.263 e. The highest BCUT2D eigenvalue weighted by Gasteiger charge is 2.27. The van der Waals surface area contributed by atoms with Gasteiger partial charge in [-0.2, -0.15) is 0 Å². The minimum atomic E-state index is -0.170. The van der Waals surface area contributed by atoms with Crippen molar-refractivity contribution in [2.24, 2.45) is 0 Å². The van der Waals surface area contributed by atoms with Crippen LogP contribution in [-0.4, -0.2) is 27.4 Å². The van der Waals surface area contributed by atoms with Gasteiger partial charge in [0.2, 0.25) is 5.91 Å². The smallest absolute Gasteiger partial charge is 0.263 e. The quantitative estimate of drug-likeness (QED) is 0.474. The Labute approximate surface area is 184 Å². The fourth-order valence-corrected chi connectivity index (χ4v) is 5.38. The fourth-order valence-electron chi connectivity index (χ4n) is 4.47. The van der Waals surface area contributed by atoms with Crippen LogP contribution in [-0.2, 0) is 17.8 Å². The van der Waals surface area contributed by atoms with Crippen molar-refractivity contribution in [3.63, 3.8) is 0 Å². The van der Waals surface area contributed by atoms with Gasteiger partial charge in [-0.3, -0.25) is 14.2 Å². The first-order valence-electron chi connectivity index (χ1n) is 10.5. The molecular weight excluding hydrogens is 406 g/mol. The van der Waals surface area contributed by atoms with E-state index in [2.05, 4.69) is 23.2 Å². The summed E-state index contributed by atoms with van der Waals surface area (Å²) >= 11 is 1.45. The molecule has 0 saturated carbocycles. The molecule has 0 bridgehead atoms. The van der Waals surface area contributed by atoms with Crippen LogP contribution < -0.4 is 5.56 Å². The number of hydrogen-bond donors (Lipinski definition) is 0. The predicted octanol–water partition coefficient (Wildman–Crippen LogP) is 4.66. The maximum atomic E-state index is 13.3. The SMILES string of the molecule is CN(C(=O)Cn1cnc2scc(-c3ccccc3)c2c1=O)C1CCCc2ccccc21. The number of nitrogens with zero attached hydrogens (tertiary/aromatic N) is 3. The molecule has 0 spiro atoms. The van der Waals surface area contributed by atoms with E-state index in [1.54, 1.807) is 4.90 Å². The second kappa shape index (κ2) is 8.12. The molecule has 5 rings (SSSR count). The van der Waals surface area contributed by atoms with Gasteiger partial charge in [0.05, 0.1) is 17.8 Å². The van der Waals surface area contributed by atoms with E-state index >= 15 is 0 Å². The van der Waals surface area contributed by atoms with Crippen molar-refractivity contribution in [3.05, 3.63) is 87.8 Å². The van der Waals surface area contributed by atoms with Gasteiger partial charge in [-0.1, -0.05) is 54.6 Å². The van der Waals surface area contributed by atoms with Crippen molar-refractivity contribution in [1.82, 2.24) is 14.5 Å². The zero-order chi connectivity index (χ0) is 21.4. The Morgan fingerprint density at radius 3 is 2.77 bits per heavy atom. The average molecular weight is 430 g/mol. The number of carbonyl (C=O) groups excluding carboxylic acids is 1. The molecule has 156 valence electrons. The Morgan fingerprint density at radius 1 is 1.16 bits per heavy atom. The van der Waals surface area contributed by atoms with Crippen LogP contribution in [0.15, 0.2) is 71.1 Å². The van der Waals surface area contributed by atoms with Crippen molar-refractivity contribution in [3.8, 4) is 11.1 Å². The molecule has 1 atom stereocenters. The van der Waals surface area contributed by atoms with Gasteiger partial charge in [-0.15, -0.1) is 11.3 Å². The molecule has 4 aromatic rings. The zero-order valence-corrected chi connectivity index (χ0v) is 18.1. The topological polar surface area (TPSA) is 55.2 Å². The highest BCUT2D eigenvalue weighted by atomic mass is 32.1. The van der Waals surface area contributed by atoms with Crippen LogP contribution in [0.5, 0.6) is 0 Å². The van der Waals surface area contributed by atoms with Gasteiger partial charge in [-0.05, 0) is 36.0 Å². The molecule has 2 heterocycles. The Balaban J connectivity index is 1.45. The number of carbonyl (C=O) groups is 1. The van der Waals surface area contributed by atoms with Gasteiger partial charge in [0.15, 0.2) is 0 Å². The van der Waals surface area contributed by atoms with E-state index in [9.17, 15) is 9.59 Å². The first-order chi connectivity index (χ1) is 15.1. The number of likely N-dealkylation sites (N-methyl/N-ethyl adjacent to an activating group) is 1. The fraction of sp³-hybridized carbons (Fsp3) is 0.240. The minimum absolute atomic E-state index is 0.0129. The molecule has 31 heavy (non-hydrogen) atoms. The summed E-state index contributed by atoms with van der Waals surface area (Å²) < 4.78 is 1.44. The molecule has 0 aliphatic heterocycles. The summed E-state index contributed by atoms with van der Waals surface area (Å²) in [6.45, 7) is -0.0129. The van der Waals surface area contributed by atoms with E-state index in [4.69, 9.17) is 0 Å². The molecule has 2 aromatic heterocycles. The third-order valence-corrected chi connectivity index (χ3v) is 7.04. The van der Waals surface area contributed by atoms with Crippen LogP contribution in [0.1, 0.15) is 30.0 Å². The molecule has 1 aliphatic carbocycles. The summed E-state index contributed by atoms with van der Waals surface area (Å²) in [5, 5.41) is 2.54. The maximum absolute atomic E-state index is 13.3. The lowest BCUT2D eigenvalue weighted by molar-refractivity contribution is -0.133. The van der Waals surface area contributed by atoms with Gasteiger partial charge in [-0.25, -0.2) is 4.98 Å². The van der Waals surface area contributed by atoms with Gasteiger partial charge in [0.1, 0.15) is 11.4 Å². The van der Waals surface area contributed by atoms with E-state index in [1.165, 1.54) is 33.4 Å². The largest absolute Gasteiger partial charge is 0.337 e. The van der Waals surface area contributed by atoms with Crippen molar-refractivity contribution in [1.29, 1.82) is 0 Å². The highest BCUT2D eigenvalue weighted by Crippen LogP contribution is 2.34. The van der Waals surface area contributed by atoms with Crippen molar-refractivity contribution >= 4 is 27.5 Å². The number of aryl methyl sites for hydroxylation is 1. The molecule has 0 fully saturated rings. The van der Waals surface area contributed by atoms with Gasteiger partial charge < -0.3 is 4.90 Å². The molecule has 0 N–H and O–H groups in total. The summed E-state index contributed by atoms with van der Waals surface area (Å²) in [5.41, 5.74) is 4.21. The number of amides is 1. The Hall–Kier alpha value is -3.25. The van der Waals surface area contributed by atoms with Gasteiger partial charge in [0.25, 0.3) is 5.56 Å².